The van der Waals surface area contributed by atoms with E-state index in [1.807, 2.05) is 25.1 Å². The third-order valence-electron chi connectivity index (χ3n) is 2.46. The van der Waals surface area contributed by atoms with Gasteiger partial charge in [0.25, 0.3) is 0 Å². The molecule has 0 saturated heterocycles. The van der Waals surface area contributed by atoms with Crippen molar-refractivity contribution in [2.75, 3.05) is 12.4 Å². The number of aromatic nitrogens is 1. The summed E-state index contributed by atoms with van der Waals surface area (Å²) >= 11 is 7.09. The SMILES string of the molecule is C[C@H](CNC(=O)CCl)c1nc2ccccc2s1. The molecule has 17 heavy (non-hydrogen) atoms. The van der Waals surface area contributed by atoms with Gasteiger partial charge in [-0.25, -0.2) is 4.98 Å². The summed E-state index contributed by atoms with van der Waals surface area (Å²) in [6, 6.07) is 8.04. The van der Waals surface area contributed by atoms with Crippen LogP contribution in [0.5, 0.6) is 0 Å². The fourth-order valence-corrected chi connectivity index (χ4v) is 2.62. The van der Waals surface area contributed by atoms with Crippen molar-refractivity contribution in [1.82, 2.24) is 10.3 Å². The van der Waals surface area contributed by atoms with Crippen molar-refractivity contribution in [3.63, 3.8) is 0 Å². The third kappa shape index (κ3) is 2.96. The number of carbonyl (C=O) groups excluding carboxylic acids is 1. The lowest BCUT2D eigenvalue weighted by Crippen LogP contribution is -2.28. The lowest BCUT2D eigenvalue weighted by atomic mass is 10.2. The maximum Gasteiger partial charge on any atom is 0.234 e. The van der Waals surface area contributed by atoms with Crippen LogP contribution in [0.15, 0.2) is 24.3 Å². The van der Waals surface area contributed by atoms with Crippen molar-refractivity contribution < 1.29 is 4.79 Å². The summed E-state index contributed by atoms with van der Waals surface area (Å²) in [7, 11) is 0. The van der Waals surface area contributed by atoms with Gasteiger partial charge in [-0.05, 0) is 12.1 Å². The van der Waals surface area contributed by atoms with E-state index in [9.17, 15) is 4.79 Å². The molecule has 0 aliphatic heterocycles. The number of hydrogen-bond donors (Lipinski definition) is 1. The number of nitrogens with zero attached hydrogens (tertiary/aromatic N) is 1. The number of nitrogens with one attached hydrogen (secondary N) is 1. The van der Waals surface area contributed by atoms with E-state index >= 15 is 0 Å². The Balaban J connectivity index is 2.08. The highest BCUT2D eigenvalue weighted by molar-refractivity contribution is 7.18. The summed E-state index contributed by atoms with van der Waals surface area (Å²) < 4.78 is 1.18. The second-order valence-electron chi connectivity index (χ2n) is 3.86. The van der Waals surface area contributed by atoms with Crippen LogP contribution in [0.3, 0.4) is 0 Å². The second-order valence-corrected chi connectivity index (χ2v) is 5.19. The first-order chi connectivity index (χ1) is 8.20. The number of halogens is 1. The van der Waals surface area contributed by atoms with Gasteiger partial charge in [-0.15, -0.1) is 22.9 Å². The number of benzene rings is 1. The van der Waals surface area contributed by atoms with Crippen LogP contribution in [0.25, 0.3) is 10.2 Å². The number of carbonyl (C=O) groups is 1. The van der Waals surface area contributed by atoms with Crippen molar-refractivity contribution in [1.29, 1.82) is 0 Å². The Bertz CT molecular complexity index is 493. The van der Waals surface area contributed by atoms with Crippen LogP contribution in [-0.2, 0) is 4.79 Å². The summed E-state index contributed by atoms with van der Waals surface area (Å²) in [5.41, 5.74) is 1.02. The number of amides is 1. The molecular weight excluding hydrogens is 256 g/mol. The van der Waals surface area contributed by atoms with E-state index in [1.54, 1.807) is 11.3 Å². The maximum atomic E-state index is 11.1. The molecule has 5 heteroatoms. The summed E-state index contributed by atoms with van der Waals surface area (Å²) in [4.78, 5) is 15.6. The summed E-state index contributed by atoms with van der Waals surface area (Å²) in [6.45, 7) is 2.62. The maximum absolute atomic E-state index is 11.1. The molecule has 2 rings (SSSR count). The predicted octanol–water partition coefficient (Wildman–Crippen LogP) is 2.75. The topological polar surface area (TPSA) is 42.0 Å². The van der Waals surface area contributed by atoms with E-state index in [2.05, 4.69) is 16.4 Å². The van der Waals surface area contributed by atoms with E-state index < -0.39 is 0 Å². The summed E-state index contributed by atoms with van der Waals surface area (Å²) in [5.74, 6) is 0.0752. The Morgan fingerprint density at radius 2 is 2.29 bits per heavy atom. The van der Waals surface area contributed by atoms with Crippen LogP contribution in [0.4, 0.5) is 0 Å². The van der Waals surface area contributed by atoms with Crippen molar-refractivity contribution in [3.05, 3.63) is 29.3 Å². The van der Waals surface area contributed by atoms with Gasteiger partial charge in [0, 0.05) is 12.5 Å². The lowest BCUT2D eigenvalue weighted by molar-refractivity contribution is -0.118. The highest BCUT2D eigenvalue weighted by Gasteiger charge is 2.12. The average Bonchev–Trinajstić information content (AvgIpc) is 2.79. The molecule has 0 aliphatic carbocycles. The van der Waals surface area contributed by atoms with Crippen LogP contribution in [0.1, 0.15) is 17.8 Å². The van der Waals surface area contributed by atoms with Gasteiger partial charge in [0.05, 0.1) is 15.2 Å². The minimum Gasteiger partial charge on any atom is -0.354 e. The van der Waals surface area contributed by atoms with E-state index in [0.717, 1.165) is 10.5 Å². The monoisotopic (exact) mass is 268 g/mol. The zero-order valence-electron chi connectivity index (χ0n) is 9.44. The zero-order chi connectivity index (χ0) is 12.3. The van der Waals surface area contributed by atoms with Crippen molar-refractivity contribution in [2.24, 2.45) is 0 Å². The molecule has 1 aromatic heterocycles. The standard InChI is InChI=1S/C12H13ClN2OS/c1-8(7-14-11(16)6-13)12-15-9-4-2-3-5-10(9)17-12/h2-5,8H,6-7H2,1H3,(H,14,16)/t8-/m1/s1. The minimum atomic E-state index is -0.139. The number of para-hydroxylation sites is 1. The molecule has 0 bridgehead atoms. The Hall–Kier alpha value is -1.13. The average molecular weight is 269 g/mol. The third-order valence-corrected chi connectivity index (χ3v) is 3.97. The van der Waals surface area contributed by atoms with E-state index in [-0.39, 0.29) is 17.7 Å². The van der Waals surface area contributed by atoms with E-state index in [0.29, 0.717) is 6.54 Å². The fraction of sp³-hybridized carbons (Fsp3) is 0.333. The summed E-state index contributed by atoms with van der Waals surface area (Å²) in [5, 5.41) is 3.81. The number of fused-ring (bicyclic) bond motifs is 1. The van der Waals surface area contributed by atoms with Crippen molar-refractivity contribution in [2.45, 2.75) is 12.8 Å². The molecule has 3 nitrogen and oxygen atoms in total. The minimum absolute atomic E-state index is 0.00651. The molecule has 90 valence electrons. The first kappa shape index (κ1) is 12.3. The van der Waals surface area contributed by atoms with Crippen molar-refractivity contribution in [3.8, 4) is 0 Å². The summed E-state index contributed by atoms with van der Waals surface area (Å²) in [6.07, 6.45) is 0. The molecule has 1 atom stereocenters. The van der Waals surface area contributed by atoms with Crippen LogP contribution in [0.2, 0.25) is 0 Å². The van der Waals surface area contributed by atoms with Crippen LogP contribution in [-0.4, -0.2) is 23.3 Å². The molecule has 0 radical (unpaired) electrons. The molecule has 0 unspecified atom stereocenters. The molecule has 1 N–H and O–H groups in total. The van der Waals surface area contributed by atoms with Crippen LogP contribution >= 0.6 is 22.9 Å². The Labute approximate surface area is 109 Å². The molecule has 1 amide bonds. The van der Waals surface area contributed by atoms with Gasteiger partial charge in [0.2, 0.25) is 5.91 Å². The number of thiazole rings is 1. The molecule has 0 aliphatic rings. The second kappa shape index (κ2) is 5.47. The van der Waals surface area contributed by atoms with Crippen molar-refractivity contribution >= 4 is 39.1 Å². The van der Waals surface area contributed by atoms with E-state index in [1.165, 1.54) is 4.70 Å². The molecular formula is C12H13ClN2OS. The molecule has 1 aromatic carbocycles. The van der Waals surface area contributed by atoms with Gasteiger partial charge in [0.1, 0.15) is 5.88 Å². The van der Waals surface area contributed by atoms with Gasteiger partial charge in [0.15, 0.2) is 0 Å². The highest BCUT2D eigenvalue weighted by atomic mass is 35.5. The largest absolute Gasteiger partial charge is 0.354 e. The van der Waals surface area contributed by atoms with Crippen LogP contribution < -0.4 is 5.32 Å². The first-order valence-corrected chi connectivity index (χ1v) is 6.74. The first-order valence-electron chi connectivity index (χ1n) is 5.39. The normalized spacial score (nSPS) is 12.6. The van der Waals surface area contributed by atoms with Gasteiger partial charge in [-0.1, -0.05) is 19.1 Å². The van der Waals surface area contributed by atoms with Gasteiger partial charge >= 0.3 is 0 Å². The predicted molar refractivity (Wildman–Crippen MR) is 71.8 cm³/mol. The van der Waals surface area contributed by atoms with Gasteiger partial charge < -0.3 is 5.32 Å². The molecule has 0 saturated carbocycles. The zero-order valence-corrected chi connectivity index (χ0v) is 11.0. The fourth-order valence-electron chi connectivity index (χ4n) is 1.50. The highest BCUT2D eigenvalue weighted by Crippen LogP contribution is 2.26. The number of alkyl halides is 1. The quantitative estimate of drug-likeness (QED) is 0.867. The Morgan fingerprint density at radius 1 is 1.53 bits per heavy atom. The smallest absolute Gasteiger partial charge is 0.234 e. The Morgan fingerprint density at radius 3 is 3.00 bits per heavy atom. The molecule has 0 fully saturated rings. The number of rotatable bonds is 4. The molecule has 0 spiro atoms. The van der Waals surface area contributed by atoms with E-state index in [4.69, 9.17) is 11.6 Å². The van der Waals surface area contributed by atoms with Crippen LogP contribution in [0, 0.1) is 0 Å². The number of hydrogen-bond acceptors (Lipinski definition) is 3. The molecule has 1 heterocycles. The Kier molecular flexibility index (Phi) is 3.97. The van der Waals surface area contributed by atoms with Gasteiger partial charge in [-0.2, -0.15) is 0 Å². The molecule has 2 aromatic rings. The van der Waals surface area contributed by atoms with Gasteiger partial charge in [-0.3, -0.25) is 4.79 Å². The lowest BCUT2D eigenvalue weighted by Gasteiger charge is -2.08.